The topological polar surface area (TPSA) is 59.3 Å². The van der Waals surface area contributed by atoms with Crippen LogP contribution in [0.4, 0.5) is 0 Å². The molecule has 0 saturated heterocycles. The first-order chi connectivity index (χ1) is 10.2. The fourth-order valence-electron chi connectivity index (χ4n) is 2.22. The van der Waals surface area contributed by atoms with Crippen molar-refractivity contribution in [3.05, 3.63) is 54.6 Å². The average Bonchev–Trinajstić information content (AvgIpc) is 3.01. The van der Waals surface area contributed by atoms with Gasteiger partial charge in [0, 0.05) is 30.4 Å². The van der Waals surface area contributed by atoms with Gasteiger partial charge in [0.25, 0.3) is 0 Å². The number of nitrogens with zero attached hydrogens (tertiary/aromatic N) is 3. The Balaban J connectivity index is 1.73. The minimum absolute atomic E-state index is 0.0238. The molecule has 1 N–H and O–H groups in total. The normalized spacial score (nSPS) is 18.6. The molecule has 0 fully saturated rings. The summed E-state index contributed by atoms with van der Waals surface area (Å²) in [6.45, 7) is 2.00. The second-order valence-corrected chi connectivity index (χ2v) is 5.07. The van der Waals surface area contributed by atoms with Gasteiger partial charge < -0.3 is 4.57 Å². The Labute approximate surface area is 123 Å². The largest absolute Gasteiger partial charge is 0.306 e. The third-order valence-electron chi connectivity index (χ3n) is 3.45. The van der Waals surface area contributed by atoms with Gasteiger partial charge in [-0.25, -0.2) is 10.4 Å². The van der Waals surface area contributed by atoms with Gasteiger partial charge in [0.05, 0.1) is 12.0 Å². The highest BCUT2D eigenvalue weighted by molar-refractivity contribution is 6.03. The van der Waals surface area contributed by atoms with Crippen molar-refractivity contribution in [2.45, 2.75) is 13.3 Å². The molecule has 3 rings (SSSR count). The third kappa shape index (κ3) is 3.08. The molecule has 1 aliphatic rings. The van der Waals surface area contributed by atoms with Crippen LogP contribution in [0.25, 0.3) is 11.8 Å². The molecule has 0 saturated carbocycles. The number of allylic oxidation sites excluding steroid dienone is 1. The van der Waals surface area contributed by atoms with Crippen LogP contribution in [0.2, 0.25) is 0 Å². The van der Waals surface area contributed by atoms with Gasteiger partial charge in [-0.05, 0) is 23.8 Å². The van der Waals surface area contributed by atoms with Crippen LogP contribution in [-0.4, -0.2) is 21.2 Å². The van der Waals surface area contributed by atoms with Crippen molar-refractivity contribution in [2.24, 2.45) is 11.0 Å². The summed E-state index contributed by atoms with van der Waals surface area (Å²) < 4.78 is 1.95. The van der Waals surface area contributed by atoms with E-state index in [4.69, 9.17) is 0 Å². The Morgan fingerprint density at radius 2 is 2.10 bits per heavy atom. The third-order valence-corrected chi connectivity index (χ3v) is 3.45. The lowest BCUT2D eigenvalue weighted by Crippen LogP contribution is -2.30. The number of imidazole rings is 1. The quantitative estimate of drug-likeness (QED) is 0.938. The number of benzene rings is 1. The fraction of sp³-hybridized carbons (Fsp3) is 0.188. The number of nitrogens with one attached hydrogen (secondary N) is 1. The minimum Gasteiger partial charge on any atom is -0.306 e. The summed E-state index contributed by atoms with van der Waals surface area (Å²) in [6, 6.07) is 8.15. The Morgan fingerprint density at radius 1 is 1.29 bits per heavy atom. The van der Waals surface area contributed by atoms with Crippen molar-refractivity contribution < 1.29 is 4.79 Å². The predicted molar refractivity (Wildman–Crippen MR) is 82.0 cm³/mol. The zero-order valence-electron chi connectivity index (χ0n) is 11.7. The van der Waals surface area contributed by atoms with Crippen LogP contribution in [0.5, 0.6) is 0 Å². The molecule has 1 aromatic heterocycles. The number of carbonyl (C=O) groups is 1. The maximum absolute atomic E-state index is 11.2. The molecular weight excluding hydrogens is 264 g/mol. The number of hydrogen-bond acceptors (Lipinski definition) is 3. The molecule has 0 unspecified atom stereocenters. The van der Waals surface area contributed by atoms with E-state index in [1.54, 1.807) is 12.5 Å². The summed E-state index contributed by atoms with van der Waals surface area (Å²) in [5, 5.41) is 4.08. The molecule has 1 amide bonds. The molecule has 0 radical (unpaired) electrons. The van der Waals surface area contributed by atoms with Crippen LogP contribution >= 0.6 is 0 Å². The van der Waals surface area contributed by atoms with Crippen molar-refractivity contribution in [3.8, 4) is 5.69 Å². The highest BCUT2D eigenvalue weighted by Gasteiger charge is 2.17. The molecule has 1 aromatic carbocycles. The first-order valence-electron chi connectivity index (χ1n) is 6.85. The van der Waals surface area contributed by atoms with Crippen molar-refractivity contribution in [1.29, 1.82) is 0 Å². The molecule has 2 heterocycles. The van der Waals surface area contributed by atoms with E-state index in [-0.39, 0.29) is 11.8 Å². The Morgan fingerprint density at radius 3 is 2.76 bits per heavy atom. The summed E-state index contributed by atoms with van der Waals surface area (Å²) in [5.74, 6) is 0.129. The summed E-state index contributed by atoms with van der Waals surface area (Å²) in [6.07, 6.45) is 9.88. The van der Waals surface area contributed by atoms with E-state index in [2.05, 4.69) is 15.5 Å². The van der Waals surface area contributed by atoms with Crippen molar-refractivity contribution >= 4 is 17.7 Å². The van der Waals surface area contributed by atoms with Crippen molar-refractivity contribution in [2.75, 3.05) is 0 Å². The van der Waals surface area contributed by atoms with Crippen molar-refractivity contribution in [3.63, 3.8) is 0 Å². The number of rotatable bonds is 3. The lowest BCUT2D eigenvalue weighted by atomic mass is 9.99. The van der Waals surface area contributed by atoms with E-state index in [1.165, 1.54) is 0 Å². The van der Waals surface area contributed by atoms with Crippen LogP contribution in [0.1, 0.15) is 18.9 Å². The summed E-state index contributed by atoms with van der Waals surface area (Å²) in [7, 11) is 0. The first-order valence-corrected chi connectivity index (χ1v) is 6.85. The number of amides is 1. The van der Waals surface area contributed by atoms with Gasteiger partial charge in [0.2, 0.25) is 5.91 Å². The minimum atomic E-state index is -0.0238. The summed E-state index contributed by atoms with van der Waals surface area (Å²) in [5.41, 5.74) is 5.57. The van der Waals surface area contributed by atoms with Crippen molar-refractivity contribution in [1.82, 2.24) is 15.0 Å². The second kappa shape index (κ2) is 5.75. The average molecular weight is 280 g/mol. The van der Waals surface area contributed by atoms with Gasteiger partial charge in [0.15, 0.2) is 0 Å². The molecule has 0 spiro atoms. The zero-order chi connectivity index (χ0) is 14.7. The molecule has 1 atom stereocenters. The monoisotopic (exact) mass is 280 g/mol. The molecule has 0 bridgehead atoms. The molecule has 5 heteroatoms. The molecule has 106 valence electrons. The molecule has 5 nitrogen and oxygen atoms in total. The molecule has 1 aliphatic heterocycles. The van der Waals surface area contributed by atoms with E-state index in [0.29, 0.717) is 6.42 Å². The zero-order valence-corrected chi connectivity index (χ0v) is 11.7. The van der Waals surface area contributed by atoms with Gasteiger partial charge in [-0.3, -0.25) is 4.79 Å². The van der Waals surface area contributed by atoms with Gasteiger partial charge in [0.1, 0.15) is 0 Å². The smallest absolute Gasteiger partial charge is 0.240 e. The Hall–Kier alpha value is -2.69. The summed E-state index contributed by atoms with van der Waals surface area (Å²) in [4.78, 5) is 15.2. The molecule has 21 heavy (non-hydrogen) atoms. The van der Waals surface area contributed by atoms with Gasteiger partial charge in [-0.2, -0.15) is 5.10 Å². The lowest BCUT2D eigenvalue weighted by molar-refractivity contribution is -0.121. The lowest BCUT2D eigenvalue weighted by Gasteiger charge is -2.16. The van der Waals surface area contributed by atoms with E-state index in [0.717, 1.165) is 17.0 Å². The second-order valence-electron chi connectivity index (χ2n) is 5.07. The number of aromatic nitrogens is 2. The first kappa shape index (κ1) is 13.3. The van der Waals surface area contributed by atoms with E-state index in [1.807, 2.05) is 54.1 Å². The number of hydrazone groups is 1. The maximum Gasteiger partial charge on any atom is 0.240 e. The van der Waals surface area contributed by atoms with Gasteiger partial charge in [-0.1, -0.05) is 25.1 Å². The molecule has 0 aliphatic carbocycles. The summed E-state index contributed by atoms with van der Waals surface area (Å²) >= 11 is 0. The predicted octanol–water partition coefficient (Wildman–Crippen LogP) is 2.40. The Kier molecular flexibility index (Phi) is 3.64. The Bertz CT molecular complexity index is 684. The standard InChI is InChI=1S/C16H16N4O/c1-12-10-16(21)19-18-15(12)7-4-13-2-5-14(6-3-13)20-9-8-17-11-20/h2-9,11-12H,10H2,1H3,(H,19,21)/b7-4+/t12-/m0/s1. The van der Waals surface area contributed by atoms with Crippen LogP contribution in [0.3, 0.4) is 0 Å². The van der Waals surface area contributed by atoms with Crippen LogP contribution in [0.15, 0.2) is 54.2 Å². The van der Waals surface area contributed by atoms with E-state index >= 15 is 0 Å². The highest BCUT2D eigenvalue weighted by Crippen LogP contribution is 2.14. The molecule has 2 aromatic rings. The maximum atomic E-state index is 11.2. The van der Waals surface area contributed by atoms with Crippen LogP contribution in [-0.2, 0) is 4.79 Å². The number of carbonyl (C=O) groups excluding carboxylic acids is 1. The van der Waals surface area contributed by atoms with E-state index in [9.17, 15) is 4.79 Å². The van der Waals surface area contributed by atoms with E-state index < -0.39 is 0 Å². The molecular formula is C16H16N4O. The van der Waals surface area contributed by atoms with Gasteiger partial charge >= 0.3 is 0 Å². The van der Waals surface area contributed by atoms with Crippen LogP contribution < -0.4 is 5.43 Å². The fourth-order valence-corrected chi connectivity index (χ4v) is 2.22. The van der Waals surface area contributed by atoms with Crippen LogP contribution in [0, 0.1) is 5.92 Å². The van der Waals surface area contributed by atoms with Gasteiger partial charge in [-0.15, -0.1) is 0 Å². The SMILES string of the molecule is C[C@H]1CC(=O)NN=C1/C=C/c1ccc(-n2ccnc2)cc1. The number of hydrogen-bond donors (Lipinski definition) is 1. The highest BCUT2D eigenvalue weighted by atomic mass is 16.2.